The zero-order valence-electron chi connectivity index (χ0n) is 23.4. The minimum atomic E-state index is -3.94. The molecule has 1 amide bonds. The predicted octanol–water partition coefficient (Wildman–Crippen LogP) is 4.36. The molecule has 0 unspecified atom stereocenters. The fourth-order valence-electron chi connectivity index (χ4n) is 5.87. The monoisotopic (exact) mass is 603 g/mol. The second-order valence-corrected chi connectivity index (χ2v) is 13.6. The lowest BCUT2D eigenvalue weighted by atomic mass is 9.93. The van der Waals surface area contributed by atoms with Crippen molar-refractivity contribution in [3.05, 3.63) is 42.2 Å². The Balaban J connectivity index is 1.31. The highest BCUT2D eigenvalue weighted by Crippen LogP contribution is 2.54. The number of anilines is 3. The van der Waals surface area contributed by atoms with Crippen molar-refractivity contribution < 1.29 is 31.5 Å². The molecule has 3 aliphatic rings. The molecule has 3 aromatic rings. The maximum Gasteiger partial charge on any atom is 0.258 e. The Bertz CT molecular complexity index is 1590. The Morgan fingerprint density at radius 3 is 2.40 bits per heavy atom. The largest absolute Gasteiger partial charge is 0.460 e. The summed E-state index contributed by atoms with van der Waals surface area (Å²) in [5.41, 5.74) is 1.63. The van der Waals surface area contributed by atoms with Crippen LogP contribution in [0.4, 0.5) is 26.1 Å². The molecule has 1 aromatic carbocycles. The van der Waals surface area contributed by atoms with Gasteiger partial charge in [-0.05, 0) is 68.4 Å². The van der Waals surface area contributed by atoms with Crippen molar-refractivity contribution in [2.24, 2.45) is 5.41 Å². The number of aliphatic hydroxyl groups is 1. The van der Waals surface area contributed by atoms with E-state index in [0.717, 1.165) is 12.8 Å². The molecular weight excluding hydrogens is 568 g/mol. The lowest BCUT2D eigenvalue weighted by Gasteiger charge is -2.35. The van der Waals surface area contributed by atoms with Crippen molar-refractivity contribution in [2.75, 3.05) is 47.9 Å². The van der Waals surface area contributed by atoms with E-state index in [4.69, 9.17) is 4.42 Å². The molecule has 1 aliphatic carbocycles. The van der Waals surface area contributed by atoms with E-state index in [-0.39, 0.29) is 43.3 Å². The third-order valence-corrected chi connectivity index (χ3v) is 10.3. The van der Waals surface area contributed by atoms with Gasteiger partial charge in [0.05, 0.1) is 29.0 Å². The Kier molecular flexibility index (Phi) is 7.38. The highest BCUT2D eigenvalue weighted by Gasteiger charge is 2.45. The zero-order valence-corrected chi connectivity index (χ0v) is 24.2. The molecule has 10 nitrogen and oxygen atoms in total. The smallest absolute Gasteiger partial charge is 0.258 e. The average Bonchev–Trinajstić information content (AvgIpc) is 3.54. The van der Waals surface area contributed by atoms with Crippen molar-refractivity contribution in [1.29, 1.82) is 0 Å². The number of piperidine rings is 2. The molecule has 3 N–H and O–H groups in total. The van der Waals surface area contributed by atoms with E-state index in [0.29, 0.717) is 46.5 Å². The number of furan rings is 1. The summed E-state index contributed by atoms with van der Waals surface area (Å²) in [6.45, 7) is 2.82. The number of sulfonamides is 1. The topological polar surface area (TPSA) is 128 Å². The third-order valence-electron chi connectivity index (χ3n) is 8.73. The number of alkyl halides is 2. The van der Waals surface area contributed by atoms with Crippen LogP contribution in [0.2, 0.25) is 0 Å². The van der Waals surface area contributed by atoms with E-state index >= 15 is 0 Å². The molecule has 1 saturated carbocycles. The first-order chi connectivity index (χ1) is 20.0. The normalized spacial score (nSPS) is 20.6. The van der Waals surface area contributed by atoms with Crippen LogP contribution in [0.25, 0.3) is 11.0 Å². The maximum atomic E-state index is 13.8. The van der Waals surface area contributed by atoms with Crippen molar-refractivity contribution in [3.8, 4) is 0 Å². The Morgan fingerprint density at radius 1 is 1.05 bits per heavy atom. The van der Waals surface area contributed by atoms with Crippen LogP contribution in [0.3, 0.4) is 0 Å². The molecule has 6 rings (SSSR count). The number of halogens is 2. The summed E-state index contributed by atoms with van der Waals surface area (Å²) >= 11 is 0. The molecule has 0 radical (unpaired) electrons. The van der Waals surface area contributed by atoms with Crippen LogP contribution in [-0.4, -0.2) is 69.2 Å². The van der Waals surface area contributed by atoms with Crippen LogP contribution in [0.1, 0.15) is 55.8 Å². The summed E-state index contributed by atoms with van der Waals surface area (Å²) in [4.78, 5) is 22.1. The lowest BCUT2D eigenvalue weighted by molar-refractivity contribution is -0.0221. The number of aliphatic hydroxyl groups excluding tert-OH is 1. The fraction of sp³-hybridized carbons (Fsp3) is 0.517. The van der Waals surface area contributed by atoms with E-state index < -0.39 is 27.9 Å². The highest BCUT2D eigenvalue weighted by atomic mass is 32.2. The third kappa shape index (κ3) is 5.82. The van der Waals surface area contributed by atoms with Crippen molar-refractivity contribution in [3.63, 3.8) is 0 Å². The van der Waals surface area contributed by atoms with E-state index in [9.17, 15) is 27.1 Å². The van der Waals surface area contributed by atoms with Crippen LogP contribution < -0.4 is 19.8 Å². The summed E-state index contributed by atoms with van der Waals surface area (Å²) < 4.78 is 61.8. The van der Waals surface area contributed by atoms with Crippen LogP contribution >= 0.6 is 0 Å². The van der Waals surface area contributed by atoms with Gasteiger partial charge in [0.15, 0.2) is 11.4 Å². The van der Waals surface area contributed by atoms with E-state index in [2.05, 4.69) is 19.9 Å². The van der Waals surface area contributed by atoms with Gasteiger partial charge >= 0.3 is 0 Å². The van der Waals surface area contributed by atoms with Crippen molar-refractivity contribution >= 4 is 44.2 Å². The Morgan fingerprint density at radius 2 is 1.74 bits per heavy atom. The van der Waals surface area contributed by atoms with E-state index in [1.165, 1.54) is 37.3 Å². The number of nitrogens with zero attached hydrogens (tertiary/aromatic N) is 3. The summed E-state index contributed by atoms with van der Waals surface area (Å²) in [5, 5.41) is 12.9. The number of hydrogen-bond donors (Lipinski definition) is 3. The molecule has 2 saturated heterocycles. The van der Waals surface area contributed by atoms with Gasteiger partial charge in [-0.15, -0.1) is 0 Å². The van der Waals surface area contributed by atoms with Crippen LogP contribution in [0, 0.1) is 5.41 Å². The number of pyridine rings is 1. The fourth-order valence-corrected chi connectivity index (χ4v) is 7.12. The summed E-state index contributed by atoms with van der Waals surface area (Å²) in [5.74, 6) is -2.57. The highest BCUT2D eigenvalue weighted by molar-refractivity contribution is 7.89. The standard InChI is InChI=1S/C29H35F2N5O5S/c1-19(18-37)34-42(39,40)21-2-3-22(23(17-21)35-11-7-28(5-6-28)8-12-35)27(38)33-24-16-20-4-15-41-25(20)26(32-24)36-13-9-29(30,31)10-14-36/h2-4,15-17,19,34,37H,5-14,18H2,1H3,(H,32,33,38)/t19-/m0/s1. The molecule has 2 aliphatic heterocycles. The number of carbonyl (C=O) groups excluding carboxylic acids is 1. The number of benzene rings is 1. The van der Waals surface area contributed by atoms with Gasteiger partial charge in [-0.2, -0.15) is 0 Å². The van der Waals surface area contributed by atoms with Gasteiger partial charge in [0, 0.05) is 50.4 Å². The number of amides is 1. The van der Waals surface area contributed by atoms with Gasteiger partial charge in [-0.1, -0.05) is 0 Å². The predicted molar refractivity (Wildman–Crippen MR) is 155 cm³/mol. The number of fused-ring (bicyclic) bond motifs is 1. The van der Waals surface area contributed by atoms with Crippen LogP contribution in [-0.2, 0) is 10.0 Å². The first kappa shape index (κ1) is 28.8. The Hall–Kier alpha value is -3.29. The van der Waals surface area contributed by atoms with Gasteiger partial charge in [-0.3, -0.25) is 4.79 Å². The molecule has 226 valence electrons. The number of rotatable bonds is 8. The summed E-state index contributed by atoms with van der Waals surface area (Å²) in [7, 11) is -3.94. The number of aromatic nitrogens is 1. The van der Waals surface area contributed by atoms with E-state index in [1.807, 2.05) is 0 Å². The number of carbonyl (C=O) groups is 1. The molecule has 2 aromatic heterocycles. The van der Waals surface area contributed by atoms with Gasteiger partial charge in [0.1, 0.15) is 5.82 Å². The van der Waals surface area contributed by atoms with Crippen molar-refractivity contribution in [1.82, 2.24) is 9.71 Å². The molecule has 1 spiro atoms. The van der Waals surface area contributed by atoms with Crippen molar-refractivity contribution in [2.45, 2.75) is 62.3 Å². The minimum absolute atomic E-state index is 0.00295. The zero-order chi connectivity index (χ0) is 29.7. The quantitative estimate of drug-likeness (QED) is 0.347. The molecule has 0 bridgehead atoms. The van der Waals surface area contributed by atoms with Gasteiger partial charge in [0.25, 0.3) is 11.8 Å². The van der Waals surface area contributed by atoms with E-state index in [1.54, 1.807) is 24.0 Å². The van der Waals surface area contributed by atoms with Crippen LogP contribution in [0.15, 0.2) is 45.9 Å². The average molecular weight is 604 g/mol. The van der Waals surface area contributed by atoms with Gasteiger partial charge in [-0.25, -0.2) is 26.9 Å². The molecule has 4 heterocycles. The molecule has 1 atom stereocenters. The number of hydrogen-bond acceptors (Lipinski definition) is 8. The summed E-state index contributed by atoms with van der Waals surface area (Å²) in [6, 6.07) is 7.10. The second kappa shape index (κ2) is 10.8. The first-order valence-electron chi connectivity index (χ1n) is 14.3. The van der Waals surface area contributed by atoms with Gasteiger partial charge < -0.3 is 24.6 Å². The maximum absolute atomic E-state index is 13.8. The Labute approximate surface area is 243 Å². The number of nitrogens with one attached hydrogen (secondary N) is 2. The molecule has 42 heavy (non-hydrogen) atoms. The molecule has 13 heteroatoms. The summed E-state index contributed by atoms with van der Waals surface area (Å²) in [6.07, 6.45) is 5.25. The first-order valence-corrected chi connectivity index (χ1v) is 15.8. The second-order valence-electron chi connectivity index (χ2n) is 11.8. The molecular formula is C29H35F2N5O5S. The SMILES string of the molecule is C[C@@H](CO)NS(=O)(=O)c1ccc(C(=O)Nc2cc3ccoc3c(N3CCC(F)(F)CC3)n2)c(N2CCC3(CC2)CC3)c1. The molecule has 3 fully saturated rings. The van der Waals surface area contributed by atoms with Crippen LogP contribution in [0.5, 0.6) is 0 Å². The van der Waals surface area contributed by atoms with Gasteiger partial charge in [0.2, 0.25) is 10.0 Å². The minimum Gasteiger partial charge on any atom is -0.460 e. The lowest BCUT2D eigenvalue weighted by Crippen LogP contribution is -2.39.